The highest BCUT2D eigenvalue weighted by Gasteiger charge is 2.27. The van der Waals surface area contributed by atoms with Crippen LogP contribution >= 0.6 is 0 Å². The molecule has 2 rings (SSSR count). The van der Waals surface area contributed by atoms with E-state index < -0.39 is 15.3 Å². The van der Waals surface area contributed by atoms with Crippen LogP contribution in [0, 0.1) is 12.8 Å². The lowest BCUT2D eigenvalue weighted by Crippen LogP contribution is -2.44. The van der Waals surface area contributed by atoms with E-state index in [1.54, 1.807) is 31.7 Å². The largest absolute Gasteiger partial charge is 0.351 e. The van der Waals surface area contributed by atoms with E-state index in [9.17, 15) is 13.2 Å². The Kier molecular flexibility index (Phi) is 5.23. The van der Waals surface area contributed by atoms with Crippen molar-refractivity contribution in [1.82, 2.24) is 14.8 Å². The molecule has 1 fully saturated rings. The zero-order valence-corrected chi connectivity index (χ0v) is 14.0. The summed E-state index contributed by atoms with van der Waals surface area (Å²) >= 11 is 0. The number of aryl methyl sites for hydroxylation is 1. The van der Waals surface area contributed by atoms with Crippen molar-refractivity contribution in [1.29, 1.82) is 0 Å². The number of carbonyl (C=O) groups excluding carboxylic acids is 1. The molecular formula is C14H23N3O4S. The quantitative estimate of drug-likeness (QED) is 0.875. The minimum atomic E-state index is -3.27. The molecule has 0 unspecified atom stereocenters. The van der Waals surface area contributed by atoms with E-state index in [1.165, 1.54) is 0 Å². The molecule has 0 aromatic carbocycles. The monoisotopic (exact) mass is 329 g/mol. The number of amides is 1. The number of nitrogens with one attached hydrogen (secondary N) is 1. The van der Waals surface area contributed by atoms with Crippen LogP contribution in [-0.2, 0) is 10.0 Å². The van der Waals surface area contributed by atoms with Crippen LogP contribution in [0.25, 0.3) is 0 Å². The molecule has 1 aromatic heterocycles. The first kappa shape index (κ1) is 17.0. The van der Waals surface area contributed by atoms with Gasteiger partial charge in [-0.1, -0.05) is 5.16 Å². The fourth-order valence-electron chi connectivity index (χ4n) is 2.44. The number of hydrogen-bond acceptors (Lipinski definition) is 5. The van der Waals surface area contributed by atoms with E-state index in [-0.39, 0.29) is 17.6 Å². The highest BCUT2D eigenvalue weighted by Crippen LogP contribution is 2.19. The molecule has 0 radical (unpaired) electrons. The second-order valence-corrected chi connectivity index (χ2v) is 8.36. The van der Waals surface area contributed by atoms with Crippen LogP contribution in [-0.4, -0.2) is 49.3 Å². The maximum Gasteiger partial charge on any atom is 0.292 e. The lowest BCUT2D eigenvalue weighted by atomic mass is 9.98. The first-order chi connectivity index (χ1) is 10.3. The topological polar surface area (TPSA) is 92.5 Å². The Balaban J connectivity index is 1.93. The van der Waals surface area contributed by atoms with Crippen LogP contribution in [0.1, 0.15) is 42.9 Å². The molecule has 1 atom stereocenters. The molecule has 0 spiro atoms. The summed E-state index contributed by atoms with van der Waals surface area (Å²) in [5.41, 5.74) is 0.668. The molecule has 22 heavy (non-hydrogen) atoms. The molecule has 1 N–H and O–H groups in total. The second kappa shape index (κ2) is 6.78. The second-order valence-electron chi connectivity index (χ2n) is 6.03. The number of piperidine rings is 1. The normalized spacial score (nSPS) is 19.6. The first-order valence-electron chi connectivity index (χ1n) is 7.50. The number of carbonyl (C=O) groups is 1. The van der Waals surface area contributed by atoms with Crippen molar-refractivity contribution in [2.24, 2.45) is 5.92 Å². The Hall–Kier alpha value is -1.41. The van der Waals surface area contributed by atoms with Gasteiger partial charge in [0.15, 0.2) is 0 Å². The van der Waals surface area contributed by atoms with Gasteiger partial charge in [0, 0.05) is 25.7 Å². The Morgan fingerprint density at radius 3 is 2.86 bits per heavy atom. The van der Waals surface area contributed by atoms with Gasteiger partial charge in [-0.25, -0.2) is 13.1 Å². The van der Waals surface area contributed by atoms with E-state index in [4.69, 9.17) is 4.52 Å². The average molecular weight is 329 g/mol. The van der Waals surface area contributed by atoms with Gasteiger partial charge in [-0.2, -0.15) is 0 Å². The van der Waals surface area contributed by atoms with E-state index in [0.717, 1.165) is 12.8 Å². The third kappa shape index (κ3) is 4.07. The van der Waals surface area contributed by atoms with Gasteiger partial charge in [0.2, 0.25) is 15.8 Å². The molecule has 124 valence electrons. The molecule has 2 heterocycles. The summed E-state index contributed by atoms with van der Waals surface area (Å²) in [5.74, 6) is 0.174. The van der Waals surface area contributed by atoms with Gasteiger partial charge in [0.1, 0.15) is 0 Å². The summed E-state index contributed by atoms with van der Waals surface area (Å²) in [6.45, 7) is 6.60. The summed E-state index contributed by atoms with van der Waals surface area (Å²) in [6, 6.07) is 1.62. The van der Waals surface area contributed by atoms with Crippen LogP contribution in [0.3, 0.4) is 0 Å². The summed E-state index contributed by atoms with van der Waals surface area (Å²) in [7, 11) is -3.27. The van der Waals surface area contributed by atoms with Crippen LogP contribution in [0.4, 0.5) is 0 Å². The molecule has 7 nitrogen and oxygen atoms in total. The van der Waals surface area contributed by atoms with Gasteiger partial charge in [0.25, 0.3) is 5.91 Å². The fourth-order valence-corrected chi connectivity index (χ4v) is 3.24. The van der Waals surface area contributed by atoms with E-state index in [1.807, 2.05) is 0 Å². The SMILES string of the molecule is Cc1cc(C(=O)N2CCC[C@H](CNS(=O)(=O)C(C)C)C2)on1. The van der Waals surface area contributed by atoms with Crippen molar-refractivity contribution in [3.63, 3.8) is 0 Å². The van der Waals surface area contributed by atoms with Crippen LogP contribution in [0.15, 0.2) is 10.6 Å². The van der Waals surface area contributed by atoms with Crippen molar-refractivity contribution in [2.75, 3.05) is 19.6 Å². The molecule has 1 aromatic rings. The van der Waals surface area contributed by atoms with E-state index in [2.05, 4.69) is 9.88 Å². The number of likely N-dealkylation sites (tertiary alicyclic amines) is 1. The predicted octanol–water partition coefficient (Wildman–Crippen LogP) is 1.16. The Morgan fingerprint density at radius 1 is 1.55 bits per heavy atom. The molecule has 1 aliphatic heterocycles. The standard InChI is InChI=1S/C14H23N3O4S/c1-10(2)22(19,20)15-8-12-5-4-6-17(9-12)14(18)13-7-11(3)16-21-13/h7,10,12,15H,4-6,8-9H2,1-3H3/t12-/m1/s1. The number of sulfonamides is 1. The minimum Gasteiger partial charge on any atom is -0.351 e. The molecule has 1 aliphatic rings. The first-order valence-corrected chi connectivity index (χ1v) is 9.05. The Bertz CT molecular complexity index is 624. The molecule has 1 saturated heterocycles. The number of hydrogen-bond donors (Lipinski definition) is 1. The highest BCUT2D eigenvalue weighted by atomic mass is 32.2. The van der Waals surface area contributed by atoms with Crippen molar-refractivity contribution >= 4 is 15.9 Å². The van der Waals surface area contributed by atoms with Gasteiger partial charge in [0.05, 0.1) is 10.9 Å². The zero-order chi connectivity index (χ0) is 16.3. The predicted molar refractivity (Wildman–Crippen MR) is 81.9 cm³/mol. The van der Waals surface area contributed by atoms with Gasteiger partial charge in [-0.3, -0.25) is 4.79 Å². The molecule has 0 bridgehead atoms. The van der Waals surface area contributed by atoms with Crippen molar-refractivity contribution < 1.29 is 17.7 Å². The number of nitrogens with zero attached hydrogens (tertiary/aromatic N) is 2. The summed E-state index contributed by atoms with van der Waals surface area (Å²) in [5, 5.41) is 3.27. The lowest BCUT2D eigenvalue weighted by Gasteiger charge is -2.32. The smallest absolute Gasteiger partial charge is 0.292 e. The highest BCUT2D eigenvalue weighted by molar-refractivity contribution is 7.90. The summed E-state index contributed by atoms with van der Waals surface area (Å²) in [6.07, 6.45) is 1.76. The minimum absolute atomic E-state index is 0.121. The lowest BCUT2D eigenvalue weighted by molar-refractivity contribution is 0.0634. The maximum absolute atomic E-state index is 12.3. The summed E-state index contributed by atoms with van der Waals surface area (Å²) < 4.78 is 31.2. The van der Waals surface area contributed by atoms with Gasteiger partial charge in [-0.15, -0.1) is 0 Å². The van der Waals surface area contributed by atoms with E-state index in [0.29, 0.717) is 25.3 Å². The average Bonchev–Trinajstić information content (AvgIpc) is 2.91. The van der Waals surface area contributed by atoms with Crippen molar-refractivity contribution in [3.05, 3.63) is 17.5 Å². The van der Waals surface area contributed by atoms with Gasteiger partial charge in [-0.05, 0) is 39.5 Å². The molecular weight excluding hydrogens is 306 g/mol. The third-order valence-electron chi connectivity index (χ3n) is 3.84. The van der Waals surface area contributed by atoms with Gasteiger partial charge < -0.3 is 9.42 Å². The number of aromatic nitrogens is 1. The molecule has 0 aliphatic carbocycles. The fraction of sp³-hybridized carbons (Fsp3) is 0.714. The number of rotatable bonds is 5. The van der Waals surface area contributed by atoms with Crippen LogP contribution < -0.4 is 4.72 Å². The molecule has 8 heteroatoms. The third-order valence-corrected chi connectivity index (χ3v) is 5.65. The molecule has 1 amide bonds. The maximum atomic E-state index is 12.3. The van der Waals surface area contributed by atoms with Crippen molar-refractivity contribution in [2.45, 2.75) is 38.9 Å². The zero-order valence-electron chi connectivity index (χ0n) is 13.2. The van der Waals surface area contributed by atoms with E-state index >= 15 is 0 Å². The van der Waals surface area contributed by atoms with Gasteiger partial charge >= 0.3 is 0 Å². The Labute approximate surface area is 131 Å². The summed E-state index contributed by atoms with van der Waals surface area (Å²) in [4.78, 5) is 14.0. The molecule has 0 saturated carbocycles. The van der Waals surface area contributed by atoms with Crippen LogP contribution in [0.2, 0.25) is 0 Å². The van der Waals surface area contributed by atoms with Crippen molar-refractivity contribution in [3.8, 4) is 0 Å². The Morgan fingerprint density at radius 2 is 2.27 bits per heavy atom. The van der Waals surface area contributed by atoms with Crippen LogP contribution in [0.5, 0.6) is 0 Å².